The summed E-state index contributed by atoms with van der Waals surface area (Å²) < 4.78 is 1.80. The van der Waals surface area contributed by atoms with Crippen molar-refractivity contribution in [2.45, 2.75) is 51.1 Å². The van der Waals surface area contributed by atoms with E-state index < -0.39 is 0 Å². The fourth-order valence-corrected chi connectivity index (χ4v) is 3.66. The van der Waals surface area contributed by atoms with Crippen LogP contribution in [0.15, 0.2) is 36.4 Å². The number of anilines is 1. The highest BCUT2D eigenvalue weighted by atomic mass is 16.3. The zero-order valence-corrected chi connectivity index (χ0v) is 16.9. The Labute approximate surface area is 170 Å². The van der Waals surface area contributed by atoms with Crippen LogP contribution in [0.25, 0.3) is 5.65 Å². The first-order valence-electron chi connectivity index (χ1n) is 9.97. The molecule has 1 fully saturated rings. The van der Waals surface area contributed by atoms with Gasteiger partial charge in [-0.25, -0.2) is 0 Å². The van der Waals surface area contributed by atoms with Crippen molar-refractivity contribution in [1.29, 1.82) is 0 Å². The minimum atomic E-state index is 0.260. The first-order valence-corrected chi connectivity index (χ1v) is 9.97. The molecule has 1 aliphatic rings. The molecule has 2 unspecified atom stereocenters. The molecule has 2 aromatic heterocycles. The number of aromatic hydroxyl groups is 1. The van der Waals surface area contributed by atoms with Crippen molar-refractivity contribution < 1.29 is 9.90 Å². The standard InChI is InChI=1S/C19H24N6O.C2H4O/c1-20-15-4-2-3-5-16(15)21-17-10-11-18-22-23-19(25(18)24-17)12-13-6-8-14(26)9-7-13;1-2-3/h6-11,15-16,20,26H,2-5,12H2,1H3,(H,21,24);2H,1H3. The molecule has 0 spiro atoms. The second-order valence-electron chi connectivity index (χ2n) is 7.11. The van der Waals surface area contributed by atoms with E-state index in [1.165, 1.54) is 26.2 Å². The summed E-state index contributed by atoms with van der Waals surface area (Å²) in [6, 6.07) is 11.9. The van der Waals surface area contributed by atoms with Crippen LogP contribution in [0.5, 0.6) is 5.75 Å². The molecule has 0 bridgehead atoms. The molecule has 1 saturated carbocycles. The summed E-state index contributed by atoms with van der Waals surface area (Å²) in [5, 5.41) is 29.6. The zero-order chi connectivity index (χ0) is 20.6. The maximum absolute atomic E-state index is 9.43. The lowest BCUT2D eigenvalue weighted by Crippen LogP contribution is -2.44. The monoisotopic (exact) mass is 396 g/mol. The minimum Gasteiger partial charge on any atom is -0.508 e. The first kappa shape index (κ1) is 20.7. The number of rotatable bonds is 5. The predicted octanol–water partition coefficient (Wildman–Crippen LogP) is 2.57. The number of benzene rings is 1. The van der Waals surface area contributed by atoms with E-state index in [-0.39, 0.29) is 5.75 Å². The van der Waals surface area contributed by atoms with Crippen LogP contribution >= 0.6 is 0 Å². The van der Waals surface area contributed by atoms with Crippen LogP contribution in [0, 0.1) is 0 Å². The molecule has 29 heavy (non-hydrogen) atoms. The third kappa shape index (κ3) is 5.29. The fraction of sp³-hybridized carbons (Fsp3) is 0.429. The molecular weight excluding hydrogens is 368 g/mol. The molecule has 8 heteroatoms. The normalized spacial score (nSPS) is 18.7. The third-order valence-electron chi connectivity index (χ3n) is 5.10. The van der Waals surface area contributed by atoms with Gasteiger partial charge in [0.1, 0.15) is 17.9 Å². The maximum atomic E-state index is 9.43. The molecule has 3 N–H and O–H groups in total. The second kappa shape index (κ2) is 9.97. The Bertz CT molecular complexity index is 925. The van der Waals surface area contributed by atoms with Gasteiger partial charge in [0, 0.05) is 18.5 Å². The van der Waals surface area contributed by atoms with Gasteiger partial charge in [-0.05, 0) is 56.6 Å². The molecule has 3 aromatic rings. The van der Waals surface area contributed by atoms with E-state index in [0.29, 0.717) is 18.5 Å². The molecule has 0 saturated heterocycles. The van der Waals surface area contributed by atoms with E-state index >= 15 is 0 Å². The smallest absolute Gasteiger partial charge is 0.178 e. The van der Waals surface area contributed by atoms with Crippen molar-refractivity contribution in [3.63, 3.8) is 0 Å². The number of likely N-dealkylation sites (N-methyl/N-ethyl adjacent to an activating group) is 1. The largest absolute Gasteiger partial charge is 0.508 e. The van der Waals surface area contributed by atoms with Crippen molar-refractivity contribution >= 4 is 17.8 Å². The van der Waals surface area contributed by atoms with Crippen LogP contribution in [0.2, 0.25) is 0 Å². The molecule has 8 nitrogen and oxygen atoms in total. The van der Waals surface area contributed by atoms with E-state index in [1.54, 1.807) is 16.6 Å². The Kier molecular flexibility index (Phi) is 7.13. The van der Waals surface area contributed by atoms with E-state index in [0.717, 1.165) is 35.6 Å². The van der Waals surface area contributed by atoms with Crippen LogP contribution in [-0.4, -0.2) is 50.3 Å². The molecule has 0 amide bonds. The lowest BCUT2D eigenvalue weighted by molar-refractivity contribution is -0.106. The molecular formula is C21H28N6O2. The SMILES string of the molecule is CC=O.CNC1CCCCC1Nc1ccc2nnc(Cc3ccc(O)cc3)n2n1. The summed E-state index contributed by atoms with van der Waals surface area (Å²) in [5.41, 5.74) is 1.79. The molecule has 154 valence electrons. The Morgan fingerprint density at radius 3 is 2.48 bits per heavy atom. The Hall–Kier alpha value is -3.00. The van der Waals surface area contributed by atoms with E-state index in [1.807, 2.05) is 31.3 Å². The summed E-state index contributed by atoms with van der Waals surface area (Å²) in [4.78, 5) is 8.81. The van der Waals surface area contributed by atoms with Gasteiger partial charge >= 0.3 is 0 Å². The number of hydrogen-bond donors (Lipinski definition) is 3. The van der Waals surface area contributed by atoms with Gasteiger partial charge in [-0.3, -0.25) is 0 Å². The number of aldehydes is 1. The van der Waals surface area contributed by atoms with Crippen LogP contribution in [-0.2, 0) is 11.2 Å². The zero-order valence-electron chi connectivity index (χ0n) is 16.9. The number of hydrogen-bond acceptors (Lipinski definition) is 7. The van der Waals surface area contributed by atoms with Crippen LogP contribution < -0.4 is 10.6 Å². The van der Waals surface area contributed by atoms with Gasteiger partial charge in [-0.15, -0.1) is 15.3 Å². The highest BCUT2D eigenvalue weighted by molar-refractivity contribution is 5.45. The summed E-state index contributed by atoms with van der Waals surface area (Å²) in [7, 11) is 2.02. The average Bonchev–Trinajstić information content (AvgIpc) is 3.13. The van der Waals surface area contributed by atoms with Gasteiger partial charge in [0.05, 0.1) is 0 Å². The van der Waals surface area contributed by atoms with Gasteiger partial charge < -0.3 is 20.5 Å². The van der Waals surface area contributed by atoms with E-state index in [2.05, 4.69) is 20.8 Å². The van der Waals surface area contributed by atoms with E-state index in [4.69, 9.17) is 9.89 Å². The molecule has 0 radical (unpaired) electrons. The third-order valence-corrected chi connectivity index (χ3v) is 5.10. The number of phenolic OH excluding ortho intramolecular Hbond substituents is 1. The van der Waals surface area contributed by atoms with Crippen molar-refractivity contribution in [3.8, 4) is 5.75 Å². The number of carbonyl (C=O) groups is 1. The van der Waals surface area contributed by atoms with Crippen molar-refractivity contribution in [1.82, 2.24) is 25.1 Å². The van der Waals surface area contributed by atoms with E-state index in [9.17, 15) is 5.11 Å². The van der Waals surface area contributed by atoms with Crippen LogP contribution in [0.4, 0.5) is 5.82 Å². The molecule has 4 rings (SSSR count). The molecule has 1 aromatic carbocycles. The highest BCUT2D eigenvalue weighted by Gasteiger charge is 2.24. The molecule has 2 heterocycles. The lowest BCUT2D eigenvalue weighted by Gasteiger charge is -2.32. The Morgan fingerprint density at radius 1 is 1.10 bits per heavy atom. The van der Waals surface area contributed by atoms with Crippen molar-refractivity contribution in [2.75, 3.05) is 12.4 Å². The number of nitrogens with one attached hydrogen (secondary N) is 2. The number of aromatic nitrogens is 4. The molecule has 0 aliphatic heterocycles. The van der Waals surface area contributed by atoms with Crippen LogP contribution in [0.1, 0.15) is 44.0 Å². The Balaban J connectivity index is 0.000000755. The maximum Gasteiger partial charge on any atom is 0.178 e. The number of carbonyl (C=O) groups excluding carboxylic acids is 1. The first-order chi connectivity index (χ1) is 14.1. The van der Waals surface area contributed by atoms with Crippen molar-refractivity contribution in [3.05, 3.63) is 47.8 Å². The van der Waals surface area contributed by atoms with Crippen molar-refractivity contribution in [2.24, 2.45) is 0 Å². The molecule has 2 atom stereocenters. The minimum absolute atomic E-state index is 0.260. The predicted molar refractivity (Wildman–Crippen MR) is 112 cm³/mol. The Morgan fingerprint density at radius 2 is 1.79 bits per heavy atom. The quantitative estimate of drug-likeness (QED) is 0.569. The van der Waals surface area contributed by atoms with Gasteiger partial charge in [-0.2, -0.15) is 4.52 Å². The number of fused-ring (bicyclic) bond motifs is 1. The van der Waals surface area contributed by atoms with Gasteiger partial charge in [-0.1, -0.05) is 25.0 Å². The summed E-state index contributed by atoms with van der Waals surface area (Å²) in [6.45, 7) is 1.44. The number of nitrogens with zero attached hydrogens (tertiary/aromatic N) is 4. The fourth-order valence-electron chi connectivity index (χ4n) is 3.66. The summed E-state index contributed by atoms with van der Waals surface area (Å²) in [5.74, 6) is 1.88. The highest BCUT2D eigenvalue weighted by Crippen LogP contribution is 2.22. The molecule has 1 aliphatic carbocycles. The average molecular weight is 396 g/mol. The van der Waals surface area contributed by atoms with Gasteiger partial charge in [0.2, 0.25) is 0 Å². The van der Waals surface area contributed by atoms with Crippen LogP contribution in [0.3, 0.4) is 0 Å². The second-order valence-corrected chi connectivity index (χ2v) is 7.11. The topological polar surface area (TPSA) is 104 Å². The van der Waals surface area contributed by atoms with Gasteiger partial charge in [0.25, 0.3) is 0 Å². The summed E-state index contributed by atoms with van der Waals surface area (Å²) in [6.07, 6.45) is 6.22. The number of phenols is 1. The van der Waals surface area contributed by atoms with Gasteiger partial charge in [0.15, 0.2) is 11.5 Å². The lowest BCUT2D eigenvalue weighted by atomic mass is 9.90. The summed E-state index contributed by atoms with van der Waals surface area (Å²) >= 11 is 0.